The fourth-order valence-corrected chi connectivity index (χ4v) is 6.60. The number of carbonyl (C=O) groups excluding carboxylic acids is 2. The maximum absolute atomic E-state index is 15.5. The highest BCUT2D eigenvalue weighted by atomic mass is 35.5. The van der Waals surface area contributed by atoms with Gasteiger partial charge in [0.1, 0.15) is 29.1 Å². The molecule has 0 radical (unpaired) electrons. The van der Waals surface area contributed by atoms with Crippen LogP contribution < -0.4 is 5.32 Å². The first kappa shape index (κ1) is 37.0. The second-order valence-corrected chi connectivity index (χ2v) is 14.0. The van der Waals surface area contributed by atoms with Crippen molar-refractivity contribution in [3.63, 3.8) is 0 Å². The van der Waals surface area contributed by atoms with E-state index in [2.05, 4.69) is 15.3 Å². The first-order valence-corrected chi connectivity index (χ1v) is 16.7. The molecule has 1 spiro atoms. The summed E-state index contributed by atoms with van der Waals surface area (Å²) in [7, 11) is 0. The number of hydrogen-bond donors (Lipinski definition) is 1. The summed E-state index contributed by atoms with van der Waals surface area (Å²) in [5.74, 6) is -4.32. The van der Waals surface area contributed by atoms with Crippen molar-refractivity contribution in [2.24, 2.45) is 5.11 Å². The molecule has 2 aliphatic rings. The van der Waals surface area contributed by atoms with E-state index >= 15 is 4.39 Å². The van der Waals surface area contributed by atoms with Crippen LogP contribution in [0.4, 0.5) is 23.7 Å². The van der Waals surface area contributed by atoms with E-state index in [4.69, 9.17) is 25.8 Å². The van der Waals surface area contributed by atoms with Crippen LogP contribution >= 0.6 is 11.6 Å². The summed E-state index contributed by atoms with van der Waals surface area (Å²) in [5.41, 5.74) is 8.89. The number of carbonyl (C=O) groups is 2. The Balaban J connectivity index is 1.40. The number of nitrogens with one attached hydrogen (secondary N) is 1. The van der Waals surface area contributed by atoms with E-state index in [9.17, 15) is 23.9 Å². The molecule has 0 bridgehead atoms. The van der Waals surface area contributed by atoms with E-state index < -0.39 is 58.7 Å². The van der Waals surface area contributed by atoms with Gasteiger partial charge in [-0.15, -0.1) is 0 Å². The Labute approximate surface area is 293 Å². The van der Waals surface area contributed by atoms with Crippen molar-refractivity contribution in [3.8, 4) is 0 Å². The third kappa shape index (κ3) is 9.28. The molecule has 2 fully saturated rings. The van der Waals surface area contributed by atoms with Crippen molar-refractivity contribution < 1.29 is 37.0 Å². The second kappa shape index (κ2) is 15.7. The lowest BCUT2D eigenvalue weighted by Crippen LogP contribution is -2.59. The van der Waals surface area contributed by atoms with Gasteiger partial charge >= 0.3 is 6.09 Å². The summed E-state index contributed by atoms with van der Waals surface area (Å²) in [5, 5.41) is 6.82. The zero-order valence-corrected chi connectivity index (χ0v) is 28.8. The highest BCUT2D eigenvalue weighted by Crippen LogP contribution is 2.36. The molecule has 2 heterocycles. The molecule has 2 saturated heterocycles. The number of nitrogens with zero attached hydrogens (tertiary/aromatic N) is 4. The smallest absolute Gasteiger partial charge is 0.410 e. The maximum atomic E-state index is 15.5. The molecule has 1 unspecified atom stereocenters. The number of benzene rings is 3. The number of amides is 2. The van der Waals surface area contributed by atoms with E-state index in [0.717, 1.165) is 12.1 Å². The molecular weight excluding hydrogens is 675 g/mol. The molecule has 1 N–H and O–H groups in total. The first-order chi connectivity index (χ1) is 23.8. The quantitative estimate of drug-likeness (QED) is 0.136. The molecule has 0 aromatic heterocycles. The fraction of sp³-hybridized carbons (Fsp3) is 0.444. The van der Waals surface area contributed by atoms with Gasteiger partial charge < -0.3 is 24.4 Å². The average molecular weight is 714 g/mol. The van der Waals surface area contributed by atoms with Crippen LogP contribution in [0.1, 0.15) is 62.6 Å². The van der Waals surface area contributed by atoms with Gasteiger partial charge in [-0.05, 0) is 86.7 Å². The van der Waals surface area contributed by atoms with Gasteiger partial charge in [0.05, 0.1) is 24.8 Å². The maximum Gasteiger partial charge on any atom is 0.410 e. The molecule has 2 aliphatic heterocycles. The normalized spacial score (nSPS) is 18.5. The van der Waals surface area contributed by atoms with Crippen LogP contribution in [0.25, 0.3) is 10.4 Å². The number of anilines is 1. The van der Waals surface area contributed by atoms with Gasteiger partial charge in [-0.2, -0.15) is 0 Å². The van der Waals surface area contributed by atoms with Gasteiger partial charge in [0.2, 0.25) is 5.91 Å². The molecule has 266 valence electrons. The SMILES string of the molecule is CC(C)(C)OC(=O)N1CC(CCc2c(F)cccc2NC(=O)[C@@H](N=[N+]=[N-])[C@@H](c2ccc(Cl)cc2)c2cc(F)cc(F)c2)OC2(CCOCC2)C1. The van der Waals surface area contributed by atoms with Crippen LogP contribution in [0.15, 0.2) is 65.8 Å². The van der Waals surface area contributed by atoms with Crippen LogP contribution in [-0.2, 0) is 25.4 Å². The molecule has 3 aromatic carbocycles. The first-order valence-electron chi connectivity index (χ1n) is 16.3. The molecule has 50 heavy (non-hydrogen) atoms. The van der Waals surface area contributed by atoms with Crippen molar-refractivity contribution in [2.45, 2.75) is 75.7 Å². The van der Waals surface area contributed by atoms with E-state index in [-0.39, 0.29) is 29.8 Å². The zero-order valence-electron chi connectivity index (χ0n) is 28.0. The van der Waals surface area contributed by atoms with Crippen LogP contribution in [0.2, 0.25) is 5.02 Å². The molecule has 0 aliphatic carbocycles. The number of azide groups is 1. The van der Waals surface area contributed by atoms with Crippen molar-refractivity contribution in [1.29, 1.82) is 0 Å². The lowest BCUT2D eigenvalue weighted by molar-refractivity contribution is -0.186. The summed E-state index contributed by atoms with van der Waals surface area (Å²) < 4.78 is 62.1. The lowest BCUT2D eigenvalue weighted by Gasteiger charge is -2.48. The standard InChI is InChI=1S/C36H39ClF3N5O5/c1-35(2,3)50-34(47)45-20-27(49-36(21-45)13-15-48-16-14-36)11-12-28-29(40)5-4-6-30(28)42-33(46)32(43-44-41)31(22-7-9-24(37)10-8-22)23-17-25(38)19-26(39)18-23/h4-10,17-19,27,31-32H,11-16,20-21H2,1-3H3,(H,42,46)/t27?,31-,32-/m0/s1. The minimum Gasteiger partial charge on any atom is -0.444 e. The van der Waals surface area contributed by atoms with Crippen LogP contribution in [0.3, 0.4) is 0 Å². The van der Waals surface area contributed by atoms with Gasteiger partial charge in [0.15, 0.2) is 0 Å². The van der Waals surface area contributed by atoms with E-state index in [1.54, 1.807) is 37.8 Å². The molecule has 3 aromatic rings. The van der Waals surface area contributed by atoms with E-state index in [0.29, 0.717) is 55.7 Å². The Morgan fingerprint density at radius 3 is 2.40 bits per heavy atom. The Bertz CT molecular complexity index is 1720. The summed E-state index contributed by atoms with van der Waals surface area (Å²) in [6, 6.07) is 11.7. The zero-order chi connectivity index (χ0) is 36.1. The van der Waals surface area contributed by atoms with Crippen LogP contribution in [-0.4, -0.2) is 66.6 Å². The van der Waals surface area contributed by atoms with E-state index in [1.807, 2.05) is 0 Å². The largest absolute Gasteiger partial charge is 0.444 e. The third-order valence-corrected chi connectivity index (χ3v) is 8.95. The van der Waals surface area contributed by atoms with Gasteiger partial charge in [0.25, 0.3) is 0 Å². The predicted molar refractivity (Wildman–Crippen MR) is 181 cm³/mol. The van der Waals surface area contributed by atoms with Crippen molar-refractivity contribution in [2.75, 3.05) is 31.6 Å². The highest BCUT2D eigenvalue weighted by Gasteiger charge is 2.44. The van der Waals surface area contributed by atoms with Crippen molar-refractivity contribution in [3.05, 3.63) is 110 Å². The summed E-state index contributed by atoms with van der Waals surface area (Å²) in [4.78, 5) is 31.6. The Hall–Kier alpha value is -4.29. The van der Waals surface area contributed by atoms with Crippen LogP contribution in [0.5, 0.6) is 0 Å². The summed E-state index contributed by atoms with van der Waals surface area (Å²) in [6.07, 6.45) is 0.618. The monoisotopic (exact) mass is 713 g/mol. The van der Waals surface area contributed by atoms with Crippen molar-refractivity contribution >= 4 is 29.3 Å². The Morgan fingerprint density at radius 2 is 1.76 bits per heavy atom. The molecule has 0 saturated carbocycles. The summed E-state index contributed by atoms with van der Waals surface area (Å²) in [6.45, 7) is 6.89. The predicted octanol–water partition coefficient (Wildman–Crippen LogP) is 8.32. The fourth-order valence-electron chi connectivity index (χ4n) is 6.47. The number of halogens is 4. The minimum absolute atomic E-state index is 0.0443. The second-order valence-electron chi connectivity index (χ2n) is 13.6. The van der Waals surface area contributed by atoms with Crippen molar-refractivity contribution in [1.82, 2.24) is 4.90 Å². The molecule has 5 rings (SSSR count). The Morgan fingerprint density at radius 1 is 1.08 bits per heavy atom. The highest BCUT2D eigenvalue weighted by molar-refractivity contribution is 6.30. The van der Waals surface area contributed by atoms with Crippen LogP contribution in [0, 0.1) is 17.5 Å². The van der Waals surface area contributed by atoms with Gasteiger partial charge in [0, 0.05) is 59.2 Å². The molecule has 10 nitrogen and oxygen atoms in total. The van der Waals surface area contributed by atoms with Gasteiger partial charge in [-0.25, -0.2) is 18.0 Å². The lowest BCUT2D eigenvalue weighted by atomic mass is 9.84. The minimum atomic E-state index is -1.55. The topological polar surface area (TPSA) is 126 Å². The molecule has 3 atom stereocenters. The number of rotatable bonds is 9. The average Bonchev–Trinajstić information content (AvgIpc) is 3.04. The van der Waals surface area contributed by atoms with Gasteiger partial charge in [-0.3, -0.25) is 4.79 Å². The number of hydrogen-bond acceptors (Lipinski definition) is 6. The number of ether oxygens (including phenoxy) is 3. The third-order valence-electron chi connectivity index (χ3n) is 8.70. The molecule has 14 heteroatoms. The molecular formula is C36H39ClF3N5O5. The summed E-state index contributed by atoms with van der Waals surface area (Å²) >= 11 is 6.08. The van der Waals surface area contributed by atoms with E-state index in [1.165, 1.54) is 30.3 Å². The molecule has 2 amide bonds. The Kier molecular flexibility index (Phi) is 11.6. The number of morpholine rings is 1. The van der Waals surface area contributed by atoms with Gasteiger partial charge in [-0.1, -0.05) is 34.9 Å².